The Morgan fingerprint density at radius 1 is 1.35 bits per heavy atom. The zero-order chi connectivity index (χ0) is 17.4. The Labute approximate surface area is 137 Å². The molecule has 1 rings (SSSR count). The number of aliphatic carboxylic acids is 1. The Bertz CT molecular complexity index is 516. The molecular weight excluding hydrogens is 296 g/mol. The number of carbonyl (C=O) groups excluding carboxylic acids is 1. The van der Waals surface area contributed by atoms with Gasteiger partial charge in [-0.05, 0) is 44.6 Å². The molecule has 1 unspecified atom stereocenters. The standard InChI is InChI=1S/C18H26O5/c1-12(8-13(2)9-14(3)10-17(20)21)6-4-5-7-16-15(11-19)18(22)23-16/h4,6,9-10,12,15-16,19H,5,7-8,11H2,1-3H3,(H,20,21)/b6-4+,13-9+,14-10+/t12?,15-,16-/m1/s1. The molecule has 0 bridgehead atoms. The summed E-state index contributed by atoms with van der Waals surface area (Å²) in [5.41, 5.74) is 1.86. The van der Waals surface area contributed by atoms with E-state index >= 15 is 0 Å². The monoisotopic (exact) mass is 322 g/mol. The van der Waals surface area contributed by atoms with Gasteiger partial charge in [-0.3, -0.25) is 4.79 Å². The van der Waals surface area contributed by atoms with E-state index in [0.29, 0.717) is 5.92 Å². The van der Waals surface area contributed by atoms with Crippen LogP contribution < -0.4 is 0 Å². The molecule has 1 aliphatic rings. The zero-order valence-electron chi connectivity index (χ0n) is 14.0. The van der Waals surface area contributed by atoms with Gasteiger partial charge in [-0.1, -0.05) is 30.7 Å². The van der Waals surface area contributed by atoms with Crippen LogP contribution in [-0.2, 0) is 14.3 Å². The van der Waals surface area contributed by atoms with Crippen LogP contribution in [0.1, 0.15) is 40.0 Å². The second-order valence-electron chi connectivity index (χ2n) is 6.17. The van der Waals surface area contributed by atoms with Crippen molar-refractivity contribution in [2.75, 3.05) is 6.61 Å². The second kappa shape index (κ2) is 9.30. The van der Waals surface area contributed by atoms with Crippen molar-refractivity contribution in [1.29, 1.82) is 0 Å². The van der Waals surface area contributed by atoms with Crippen molar-refractivity contribution in [3.05, 3.63) is 35.5 Å². The number of aliphatic hydroxyl groups is 1. The van der Waals surface area contributed by atoms with Gasteiger partial charge in [-0.15, -0.1) is 0 Å². The first kappa shape index (κ1) is 19.2. The van der Waals surface area contributed by atoms with Gasteiger partial charge in [0, 0.05) is 6.08 Å². The van der Waals surface area contributed by atoms with Gasteiger partial charge in [0.1, 0.15) is 12.0 Å². The number of rotatable bonds is 9. The van der Waals surface area contributed by atoms with Crippen LogP contribution in [0.2, 0.25) is 0 Å². The van der Waals surface area contributed by atoms with E-state index in [4.69, 9.17) is 14.9 Å². The number of carboxylic acid groups (broad SMARTS) is 1. The van der Waals surface area contributed by atoms with E-state index in [0.717, 1.165) is 30.4 Å². The fraction of sp³-hybridized carbons (Fsp3) is 0.556. The third-order valence-electron chi connectivity index (χ3n) is 3.77. The van der Waals surface area contributed by atoms with E-state index in [1.807, 2.05) is 13.0 Å². The molecule has 0 aliphatic carbocycles. The molecular formula is C18H26O5. The minimum atomic E-state index is -0.933. The van der Waals surface area contributed by atoms with Crippen LogP contribution in [0.5, 0.6) is 0 Å². The van der Waals surface area contributed by atoms with Gasteiger partial charge in [0.15, 0.2) is 0 Å². The summed E-state index contributed by atoms with van der Waals surface area (Å²) in [6.45, 7) is 5.72. The summed E-state index contributed by atoms with van der Waals surface area (Å²) in [4.78, 5) is 21.6. The Kier molecular flexibility index (Phi) is 7.75. The molecule has 1 fully saturated rings. The number of carboxylic acids is 1. The highest BCUT2D eigenvalue weighted by atomic mass is 16.6. The summed E-state index contributed by atoms with van der Waals surface area (Å²) in [7, 11) is 0. The highest BCUT2D eigenvalue weighted by Crippen LogP contribution is 2.26. The fourth-order valence-electron chi connectivity index (χ4n) is 2.70. The molecule has 1 saturated heterocycles. The van der Waals surface area contributed by atoms with E-state index in [1.165, 1.54) is 6.08 Å². The number of carbonyl (C=O) groups is 2. The lowest BCUT2D eigenvalue weighted by atomic mass is 9.93. The summed E-state index contributed by atoms with van der Waals surface area (Å²) in [6.07, 6.45) is 9.51. The minimum absolute atomic E-state index is 0.142. The highest BCUT2D eigenvalue weighted by molar-refractivity contribution is 5.81. The Morgan fingerprint density at radius 2 is 2.04 bits per heavy atom. The highest BCUT2D eigenvalue weighted by Gasteiger charge is 2.40. The SMILES string of the molecule is CC(=C\C(=O)O)/C=C(\C)CC(C)/C=C/CC[C@H]1OC(=O)[C@@H]1CO. The van der Waals surface area contributed by atoms with E-state index in [9.17, 15) is 9.59 Å². The van der Waals surface area contributed by atoms with Gasteiger partial charge in [0.25, 0.3) is 0 Å². The van der Waals surface area contributed by atoms with Crippen molar-refractivity contribution >= 4 is 11.9 Å². The summed E-state index contributed by atoms with van der Waals surface area (Å²) < 4.78 is 4.99. The predicted octanol–water partition coefficient (Wildman–Crippen LogP) is 2.86. The summed E-state index contributed by atoms with van der Waals surface area (Å²) in [5.74, 6) is -1.24. The lowest BCUT2D eigenvalue weighted by molar-refractivity contribution is -0.188. The van der Waals surface area contributed by atoms with E-state index in [-0.39, 0.29) is 24.6 Å². The van der Waals surface area contributed by atoms with Gasteiger partial charge < -0.3 is 14.9 Å². The number of hydrogen-bond donors (Lipinski definition) is 2. The summed E-state index contributed by atoms with van der Waals surface area (Å²) in [5, 5.41) is 17.7. The third kappa shape index (κ3) is 6.82. The first-order valence-corrected chi connectivity index (χ1v) is 7.90. The topological polar surface area (TPSA) is 83.8 Å². The third-order valence-corrected chi connectivity index (χ3v) is 3.77. The molecule has 5 nitrogen and oxygen atoms in total. The number of allylic oxidation sites excluding steroid dienone is 5. The quantitative estimate of drug-likeness (QED) is 0.295. The zero-order valence-corrected chi connectivity index (χ0v) is 14.0. The molecule has 1 heterocycles. The average molecular weight is 322 g/mol. The van der Waals surface area contributed by atoms with E-state index in [2.05, 4.69) is 19.1 Å². The van der Waals surface area contributed by atoms with E-state index in [1.54, 1.807) is 6.92 Å². The molecule has 0 saturated carbocycles. The van der Waals surface area contributed by atoms with Crippen LogP contribution in [0.15, 0.2) is 35.5 Å². The maximum Gasteiger partial charge on any atom is 0.328 e. The van der Waals surface area contributed by atoms with Crippen molar-refractivity contribution in [2.24, 2.45) is 11.8 Å². The van der Waals surface area contributed by atoms with Crippen LogP contribution in [0.3, 0.4) is 0 Å². The lowest BCUT2D eigenvalue weighted by Gasteiger charge is -2.33. The maximum atomic E-state index is 11.0. The molecule has 128 valence electrons. The van der Waals surface area contributed by atoms with Gasteiger partial charge in [0.05, 0.1) is 6.61 Å². The average Bonchev–Trinajstić information content (AvgIpc) is 2.40. The molecule has 2 N–H and O–H groups in total. The molecule has 0 radical (unpaired) electrons. The summed E-state index contributed by atoms with van der Waals surface area (Å²) in [6, 6.07) is 0. The molecule has 0 amide bonds. The van der Waals surface area contributed by atoms with Gasteiger partial charge in [-0.2, -0.15) is 0 Å². The van der Waals surface area contributed by atoms with Gasteiger partial charge in [0.2, 0.25) is 0 Å². The molecule has 0 spiro atoms. The molecule has 0 aromatic carbocycles. The van der Waals surface area contributed by atoms with E-state index < -0.39 is 5.97 Å². The van der Waals surface area contributed by atoms with Crippen LogP contribution in [-0.4, -0.2) is 34.9 Å². The maximum absolute atomic E-state index is 11.0. The summed E-state index contributed by atoms with van der Waals surface area (Å²) >= 11 is 0. The number of esters is 1. The molecule has 3 atom stereocenters. The Morgan fingerprint density at radius 3 is 2.61 bits per heavy atom. The van der Waals surface area contributed by atoms with Crippen molar-refractivity contribution in [3.8, 4) is 0 Å². The molecule has 23 heavy (non-hydrogen) atoms. The Hall–Kier alpha value is -1.88. The predicted molar refractivity (Wildman–Crippen MR) is 87.8 cm³/mol. The van der Waals surface area contributed by atoms with Crippen molar-refractivity contribution < 1.29 is 24.5 Å². The van der Waals surface area contributed by atoms with Crippen LogP contribution in [0, 0.1) is 11.8 Å². The second-order valence-corrected chi connectivity index (χ2v) is 6.17. The van der Waals surface area contributed by atoms with Crippen LogP contribution in [0.4, 0.5) is 0 Å². The molecule has 0 aromatic heterocycles. The largest absolute Gasteiger partial charge is 0.478 e. The molecule has 5 heteroatoms. The normalized spacial score (nSPS) is 23.6. The molecule has 1 aliphatic heterocycles. The smallest absolute Gasteiger partial charge is 0.328 e. The van der Waals surface area contributed by atoms with Gasteiger partial charge in [-0.25, -0.2) is 4.79 Å². The first-order chi connectivity index (χ1) is 10.8. The minimum Gasteiger partial charge on any atom is -0.478 e. The lowest BCUT2D eigenvalue weighted by Crippen LogP contribution is -2.46. The first-order valence-electron chi connectivity index (χ1n) is 7.90. The number of cyclic esters (lactones) is 1. The van der Waals surface area contributed by atoms with Crippen molar-refractivity contribution in [2.45, 2.75) is 46.1 Å². The Balaban J connectivity index is 2.33. The van der Waals surface area contributed by atoms with Crippen molar-refractivity contribution in [1.82, 2.24) is 0 Å². The molecule has 0 aromatic rings. The van der Waals surface area contributed by atoms with Crippen molar-refractivity contribution in [3.63, 3.8) is 0 Å². The number of hydrogen-bond acceptors (Lipinski definition) is 4. The number of aliphatic hydroxyl groups excluding tert-OH is 1. The van der Waals surface area contributed by atoms with Crippen LogP contribution in [0.25, 0.3) is 0 Å². The fourth-order valence-corrected chi connectivity index (χ4v) is 2.70. The number of ether oxygens (including phenoxy) is 1. The van der Waals surface area contributed by atoms with Gasteiger partial charge >= 0.3 is 11.9 Å². The van der Waals surface area contributed by atoms with Crippen LogP contribution >= 0.6 is 0 Å².